The van der Waals surface area contributed by atoms with Gasteiger partial charge < -0.3 is 9.67 Å². The molecule has 1 atom stereocenters. The Kier molecular flexibility index (Phi) is 3.85. The van der Waals surface area contributed by atoms with Gasteiger partial charge in [0, 0.05) is 17.6 Å². The summed E-state index contributed by atoms with van der Waals surface area (Å²) >= 11 is 6.28. The van der Waals surface area contributed by atoms with Crippen LogP contribution in [0.1, 0.15) is 32.4 Å². The van der Waals surface area contributed by atoms with E-state index in [9.17, 15) is 4.79 Å². The average Bonchev–Trinajstić information content (AvgIpc) is 2.70. The molecule has 3 nitrogen and oxygen atoms in total. The molecule has 19 heavy (non-hydrogen) atoms. The maximum Gasteiger partial charge on any atom is 0.306 e. The first kappa shape index (κ1) is 13.9. The quantitative estimate of drug-likeness (QED) is 0.914. The van der Waals surface area contributed by atoms with E-state index in [0.29, 0.717) is 11.4 Å². The molecule has 102 valence electrons. The van der Waals surface area contributed by atoms with Crippen LogP contribution >= 0.6 is 11.6 Å². The van der Waals surface area contributed by atoms with Crippen molar-refractivity contribution in [2.24, 2.45) is 5.92 Å². The van der Waals surface area contributed by atoms with Crippen LogP contribution in [0, 0.1) is 5.92 Å². The Labute approximate surface area is 117 Å². The van der Waals surface area contributed by atoms with Crippen molar-refractivity contribution in [3.8, 4) is 0 Å². The first-order chi connectivity index (χ1) is 8.91. The molecule has 2 rings (SSSR count). The summed E-state index contributed by atoms with van der Waals surface area (Å²) in [6.07, 6.45) is 2.55. The summed E-state index contributed by atoms with van der Waals surface area (Å²) in [6, 6.07) is 6.07. The Bertz CT molecular complexity index is 616. The molecular formula is C15H18ClNO2. The molecule has 1 unspecified atom stereocenters. The zero-order valence-corrected chi connectivity index (χ0v) is 12.1. The monoisotopic (exact) mass is 279 g/mol. The summed E-state index contributed by atoms with van der Waals surface area (Å²) in [5.74, 6) is -1.17. The normalized spacial score (nSPS) is 13.1. The number of carboxylic acids is 1. The maximum absolute atomic E-state index is 11.0. The van der Waals surface area contributed by atoms with Gasteiger partial charge in [0.15, 0.2) is 0 Å². The predicted molar refractivity (Wildman–Crippen MR) is 77.8 cm³/mol. The summed E-state index contributed by atoms with van der Waals surface area (Å²) in [5.41, 5.74) is 2.04. The van der Waals surface area contributed by atoms with Gasteiger partial charge in [0.1, 0.15) is 0 Å². The zero-order valence-electron chi connectivity index (χ0n) is 11.4. The lowest BCUT2D eigenvalue weighted by Gasteiger charge is -2.09. The first-order valence-electron chi connectivity index (χ1n) is 6.42. The van der Waals surface area contributed by atoms with Crippen molar-refractivity contribution in [2.75, 3.05) is 0 Å². The second-order valence-electron chi connectivity index (χ2n) is 5.23. The highest BCUT2D eigenvalue weighted by Crippen LogP contribution is 2.31. The highest BCUT2D eigenvalue weighted by Gasteiger charge is 2.18. The van der Waals surface area contributed by atoms with E-state index < -0.39 is 11.9 Å². The molecule has 4 heteroatoms. The van der Waals surface area contributed by atoms with Crippen molar-refractivity contribution in [3.63, 3.8) is 0 Å². The largest absolute Gasteiger partial charge is 0.481 e. The minimum atomic E-state index is -0.771. The molecule has 0 saturated carbocycles. The van der Waals surface area contributed by atoms with E-state index in [4.69, 9.17) is 16.7 Å². The summed E-state index contributed by atoms with van der Waals surface area (Å²) in [7, 11) is 0. The fourth-order valence-corrected chi connectivity index (χ4v) is 2.60. The summed E-state index contributed by atoms with van der Waals surface area (Å²) in [4.78, 5) is 11.0. The number of carboxylic acid groups (broad SMARTS) is 1. The molecule has 0 bridgehead atoms. The lowest BCUT2D eigenvalue weighted by Crippen LogP contribution is -2.12. The minimum absolute atomic E-state index is 0.288. The van der Waals surface area contributed by atoms with E-state index in [1.807, 2.05) is 24.4 Å². The molecular weight excluding hydrogens is 262 g/mol. The number of carbonyl (C=O) groups is 1. The number of halogens is 1. The smallest absolute Gasteiger partial charge is 0.306 e. The van der Waals surface area contributed by atoms with E-state index in [2.05, 4.69) is 18.4 Å². The Morgan fingerprint density at radius 1 is 1.37 bits per heavy atom. The highest BCUT2D eigenvalue weighted by atomic mass is 35.5. The number of aliphatic carboxylic acids is 1. The van der Waals surface area contributed by atoms with Crippen LogP contribution in [0.2, 0.25) is 5.02 Å². The van der Waals surface area contributed by atoms with Gasteiger partial charge in [-0.05, 0) is 31.9 Å². The molecule has 0 aliphatic carbocycles. The first-order valence-corrected chi connectivity index (χ1v) is 6.80. The van der Waals surface area contributed by atoms with E-state index in [0.717, 1.165) is 16.5 Å². The Morgan fingerprint density at radius 2 is 2.05 bits per heavy atom. The molecule has 0 aliphatic rings. The van der Waals surface area contributed by atoms with E-state index in [-0.39, 0.29) is 6.04 Å². The van der Waals surface area contributed by atoms with Gasteiger partial charge in [0.25, 0.3) is 0 Å². The number of para-hydroxylation sites is 1. The molecule has 1 aromatic carbocycles. The zero-order chi connectivity index (χ0) is 14.2. The van der Waals surface area contributed by atoms with Crippen molar-refractivity contribution in [3.05, 3.63) is 35.0 Å². The molecule has 1 aromatic heterocycles. The van der Waals surface area contributed by atoms with E-state index in [1.54, 1.807) is 6.92 Å². The van der Waals surface area contributed by atoms with Crippen LogP contribution in [-0.2, 0) is 11.2 Å². The lowest BCUT2D eigenvalue weighted by molar-refractivity contribution is -0.141. The van der Waals surface area contributed by atoms with Gasteiger partial charge in [-0.2, -0.15) is 0 Å². The number of benzene rings is 1. The molecule has 0 amide bonds. The molecule has 1 heterocycles. The standard InChI is InChI=1S/C15H18ClNO2/c1-9(2)17-8-11(7-10(3)15(18)19)12-5-4-6-13(16)14(12)17/h4-6,8-10H,7H2,1-3H3,(H,18,19). The van der Waals surface area contributed by atoms with Crippen LogP contribution < -0.4 is 0 Å². The Balaban J connectivity index is 2.57. The maximum atomic E-state index is 11.0. The number of aromatic nitrogens is 1. The van der Waals surface area contributed by atoms with Crippen molar-refractivity contribution in [2.45, 2.75) is 33.2 Å². The third kappa shape index (κ3) is 2.61. The van der Waals surface area contributed by atoms with Crippen molar-refractivity contribution in [1.82, 2.24) is 4.57 Å². The highest BCUT2D eigenvalue weighted by molar-refractivity contribution is 6.35. The van der Waals surface area contributed by atoms with Crippen LogP contribution in [0.3, 0.4) is 0 Å². The van der Waals surface area contributed by atoms with E-state index in [1.165, 1.54) is 0 Å². The van der Waals surface area contributed by atoms with Crippen LogP contribution in [-0.4, -0.2) is 15.6 Å². The van der Waals surface area contributed by atoms with Crippen LogP contribution in [0.4, 0.5) is 0 Å². The van der Waals surface area contributed by atoms with Crippen molar-refractivity contribution >= 4 is 28.5 Å². The third-order valence-electron chi connectivity index (χ3n) is 3.39. The third-order valence-corrected chi connectivity index (χ3v) is 3.69. The number of fused-ring (bicyclic) bond motifs is 1. The molecule has 1 N–H and O–H groups in total. The van der Waals surface area contributed by atoms with Crippen molar-refractivity contribution < 1.29 is 9.90 Å². The Morgan fingerprint density at radius 3 is 2.63 bits per heavy atom. The second-order valence-corrected chi connectivity index (χ2v) is 5.64. The van der Waals surface area contributed by atoms with Gasteiger partial charge in [-0.1, -0.05) is 30.7 Å². The summed E-state index contributed by atoms with van der Waals surface area (Å²) in [6.45, 7) is 5.91. The number of rotatable bonds is 4. The van der Waals surface area contributed by atoms with Gasteiger partial charge in [0.2, 0.25) is 0 Å². The van der Waals surface area contributed by atoms with Gasteiger partial charge in [-0.25, -0.2) is 0 Å². The molecule has 2 aromatic rings. The topological polar surface area (TPSA) is 42.2 Å². The van der Waals surface area contributed by atoms with Gasteiger partial charge >= 0.3 is 5.97 Å². The van der Waals surface area contributed by atoms with E-state index >= 15 is 0 Å². The van der Waals surface area contributed by atoms with Crippen LogP contribution in [0.25, 0.3) is 10.9 Å². The molecule has 0 fully saturated rings. The summed E-state index contributed by atoms with van der Waals surface area (Å²) < 4.78 is 2.11. The molecule has 0 radical (unpaired) electrons. The van der Waals surface area contributed by atoms with Gasteiger partial charge in [-0.3, -0.25) is 4.79 Å². The fourth-order valence-electron chi connectivity index (χ4n) is 2.33. The van der Waals surface area contributed by atoms with Gasteiger partial charge in [-0.15, -0.1) is 0 Å². The van der Waals surface area contributed by atoms with Crippen molar-refractivity contribution in [1.29, 1.82) is 0 Å². The number of hydrogen-bond acceptors (Lipinski definition) is 1. The number of hydrogen-bond donors (Lipinski definition) is 1. The SMILES string of the molecule is CC(Cc1cn(C(C)C)c2c(Cl)cccc12)C(=O)O. The molecule has 0 spiro atoms. The molecule has 0 aliphatic heterocycles. The summed E-state index contributed by atoms with van der Waals surface area (Å²) in [5, 5.41) is 10.8. The predicted octanol–water partition coefficient (Wildman–Crippen LogP) is 4.14. The minimum Gasteiger partial charge on any atom is -0.481 e. The Hall–Kier alpha value is -1.48. The molecule has 0 saturated heterocycles. The average molecular weight is 280 g/mol. The number of nitrogens with zero attached hydrogens (tertiary/aromatic N) is 1. The fraction of sp³-hybridized carbons (Fsp3) is 0.400. The lowest BCUT2D eigenvalue weighted by atomic mass is 10.0. The van der Waals surface area contributed by atoms with Crippen LogP contribution in [0.5, 0.6) is 0 Å². The van der Waals surface area contributed by atoms with Crippen LogP contribution in [0.15, 0.2) is 24.4 Å². The second kappa shape index (κ2) is 5.25. The van der Waals surface area contributed by atoms with Gasteiger partial charge in [0.05, 0.1) is 16.5 Å².